The molecule has 1 aliphatic rings. The number of hydrogen-bond donors (Lipinski definition) is 2. The fourth-order valence-corrected chi connectivity index (χ4v) is 2.88. The maximum absolute atomic E-state index is 12.2. The SMILES string of the molecule is Cc1cccnc1-c1noc(CC2C(=O)NCCN2C(C)C)n1.O=C(O)C(F)(F)F. The Balaban J connectivity index is 0.000000396. The number of carboxylic acids is 1. The van der Waals surface area contributed by atoms with Crippen LogP contribution in [-0.4, -0.2) is 68.4 Å². The number of halogens is 3. The van der Waals surface area contributed by atoms with E-state index in [1.165, 1.54) is 0 Å². The molecule has 0 aromatic carbocycles. The molecule has 3 heterocycles. The fourth-order valence-electron chi connectivity index (χ4n) is 2.88. The Morgan fingerprint density at radius 3 is 2.67 bits per heavy atom. The van der Waals surface area contributed by atoms with E-state index < -0.39 is 12.1 Å². The fraction of sp³-hybridized carbons (Fsp3) is 0.500. The van der Waals surface area contributed by atoms with Crippen LogP contribution in [0.25, 0.3) is 11.5 Å². The molecular weight excluding hydrogens is 407 g/mol. The average molecular weight is 429 g/mol. The third kappa shape index (κ3) is 5.99. The second-order valence-corrected chi connectivity index (χ2v) is 6.83. The van der Waals surface area contributed by atoms with Gasteiger partial charge in [-0.3, -0.25) is 14.7 Å². The van der Waals surface area contributed by atoms with Crippen LogP contribution in [0.4, 0.5) is 13.2 Å². The Labute approximate surface area is 170 Å². The first-order valence-electron chi connectivity index (χ1n) is 9.08. The first-order chi connectivity index (χ1) is 14.0. The van der Waals surface area contributed by atoms with E-state index in [-0.39, 0.29) is 18.0 Å². The van der Waals surface area contributed by atoms with Gasteiger partial charge in [-0.05, 0) is 32.4 Å². The quantitative estimate of drug-likeness (QED) is 0.755. The third-order valence-electron chi connectivity index (χ3n) is 4.34. The lowest BCUT2D eigenvalue weighted by atomic mass is 10.1. The molecule has 1 amide bonds. The molecular formula is C18H22F3N5O4. The van der Waals surface area contributed by atoms with E-state index in [1.54, 1.807) is 6.20 Å². The van der Waals surface area contributed by atoms with Gasteiger partial charge in [0.1, 0.15) is 5.69 Å². The molecule has 0 bridgehead atoms. The number of amides is 1. The number of nitrogens with zero attached hydrogens (tertiary/aromatic N) is 4. The van der Waals surface area contributed by atoms with Gasteiger partial charge in [0, 0.05) is 25.3 Å². The molecule has 1 atom stereocenters. The number of carboxylic acid groups (broad SMARTS) is 1. The molecule has 1 saturated heterocycles. The zero-order valence-electron chi connectivity index (χ0n) is 16.6. The lowest BCUT2D eigenvalue weighted by Gasteiger charge is -2.37. The van der Waals surface area contributed by atoms with Gasteiger partial charge in [0.25, 0.3) is 0 Å². The van der Waals surface area contributed by atoms with E-state index in [1.807, 2.05) is 19.1 Å². The topological polar surface area (TPSA) is 121 Å². The highest BCUT2D eigenvalue weighted by Crippen LogP contribution is 2.19. The molecule has 2 aromatic heterocycles. The Hall–Kier alpha value is -3.02. The standard InChI is InChI=1S/C16H21N5O2.C2HF3O2/c1-10(2)21-8-7-18-16(22)12(21)9-13-19-15(20-23-13)14-11(3)5-4-6-17-14;3-2(4,5)1(6)7/h4-6,10,12H,7-9H2,1-3H3,(H,18,22);(H,6,7). The molecule has 0 spiro atoms. The van der Waals surface area contributed by atoms with Crippen molar-refractivity contribution >= 4 is 11.9 Å². The van der Waals surface area contributed by atoms with Crippen LogP contribution in [-0.2, 0) is 16.0 Å². The zero-order valence-corrected chi connectivity index (χ0v) is 16.6. The minimum absolute atomic E-state index is 0.0127. The number of carbonyl (C=O) groups excluding carboxylic acids is 1. The van der Waals surface area contributed by atoms with Crippen LogP contribution >= 0.6 is 0 Å². The number of hydrogen-bond acceptors (Lipinski definition) is 7. The highest BCUT2D eigenvalue weighted by molar-refractivity contribution is 5.82. The van der Waals surface area contributed by atoms with E-state index in [9.17, 15) is 18.0 Å². The molecule has 2 N–H and O–H groups in total. The van der Waals surface area contributed by atoms with Gasteiger partial charge in [0.15, 0.2) is 0 Å². The molecule has 1 unspecified atom stereocenters. The van der Waals surface area contributed by atoms with Crippen molar-refractivity contribution in [3.63, 3.8) is 0 Å². The molecule has 12 heteroatoms. The summed E-state index contributed by atoms with van der Waals surface area (Å²) < 4.78 is 37.1. The van der Waals surface area contributed by atoms with Crippen LogP contribution in [0.1, 0.15) is 25.3 Å². The van der Waals surface area contributed by atoms with Crippen LogP contribution in [0.5, 0.6) is 0 Å². The first kappa shape index (κ1) is 23.3. The normalized spacial score (nSPS) is 17.3. The summed E-state index contributed by atoms with van der Waals surface area (Å²) in [5.74, 6) is -1.82. The van der Waals surface area contributed by atoms with Crippen molar-refractivity contribution in [3.8, 4) is 11.5 Å². The van der Waals surface area contributed by atoms with Gasteiger partial charge in [-0.15, -0.1) is 0 Å². The van der Waals surface area contributed by atoms with Crippen molar-refractivity contribution in [1.29, 1.82) is 0 Å². The smallest absolute Gasteiger partial charge is 0.475 e. The summed E-state index contributed by atoms with van der Waals surface area (Å²) in [5, 5.41) is 14.0. The summed E-state index contributed by atoms with van der Waals surface area (Å²) in [6.07, 6.45) is -2.98. The maximum Gasteiger partial charge on any atom is 0.490 e. The highest BCUT2D eigenvalue weighted by Gasteiger charge is 2.38. The van der Waals surface area contributed by atoms with Crippen molar-refractivity contribution in [2.24, 2.45) is 0 Å². The highest BCUT2D eigenvalue weighted by atomic mass is 19.4. The summed E-state index contributed by atoms with van der Waals surface area (Å²) in [5.41, 5.74) is 1.69. The molecule has 2 aromatic rings. The van der Waals surface area contributed by atoms with E-state index >= 15 is 0 Å². The van der Waals surface area contributed by atoms with Crippen LogP contribution in [0.2, 0.25) is 0 Å². The predicted molar refractivity (Wildman–Crippen MR) is 98.3 cm³/mol. The van der Waals surface area contributed by atoms with Crippen molar-refractivity contribution in [2.75, 3.05) is 13.1 Å². The van der Waals surface area contributed by atoms with E-state index in [0.717, 1.165) is 12.1 Å². The van der Waals surface area contributed by atoms with Gasteiger partial charge in [-0.25, -0.2) is 4.79 Å². The molecule has 3 rings (SSSR count). The number of aromatic nitrogens is 3. The monoisotopic (exact) mass is 429 g/mol. The summed E-state index contributed by atoms with van der Waals surface area (Å²) in [7, 11) is 0. The number of pyridine rings is 1. The number of alkyl halides is 3. The number of nitrogens with one attached hydrogen (secondary N) is 1. The van der Waals surface area contributed by atoms with Crippen LogP contribution in [0.3, 0.4) is 0 Å². The number of rotatable bonds is 4. The molecule has 164 valence electrons. The maximum atomic E-state index is 12.2. The van der Waals surface area contributed by atoms with Crippen molar-refractivity contribution in [2.45, 2.75) is 45.5 Å². The second kappa shape index (κ2) is 9.65. The minimum atomic E-state index is -5.08. The minimum Gasteiger partial charge on any atom is -0.475 e. The molecule has 1 fully saturated rings. The summed E-state index contributed by atoms with van der Waals surface area (Å²) >= 11 is 0. The Bertz CT molecular complexity index is 885. The van der Waals surface area contributed by atoms with Gasteiger partial charge >= 0.3 is 12.1 Å². The zero-order chi connectivity index (χ0) is 22.5. The van der Waals surface area contributed by atoms with Crippen molar-refractivity contribution in [3.05, 3.63) is 29.8 Å². The average Bonchev–Trinajstić information content (AvgIpc) is 3.11. The number of aliphatic carboxylic acids is 1. The summed E-state index contributed by atoms with van der Waals surface area (Å²) in [6, 6.07) is 3.83. The van der Waals surface area contributed by atoms with E-state index in [4.69, 9.17) is 14.4 Å². The van der Waals surface area contributed by atoms with Gasteiger partial charge in [-0.2, -0.15) is 18.2 Å². The van der Waals surface area contributed by atoms with Crippen molar-refractivity contribution < 1.29 is 32.4 Å². The van der Waals surface area contributed by atoms with Crippen LogP contribution < -0.4 is 5.32 Å². The lowest BCUT2D eigenvalue weighted by molar-refractivity contribution is -0.192. The Kier molecular flexibility index (Phi) is 7.48. The summed E-state index contributed by atoms with van der Waals surface area (Å²) in [6.45, 7) is 7.63. The Morgan fingerprint density at radius 2 is 2.10 bits per heavy atom. The molecule has 9 nitrogen and oxygen atoms in total. The molecule has 1 aliphatic heterocycles. The van der Waals surface area contributed by atoms with Crippen molar-refractivity contribution in [1.82, 2.24) is 25.3 Å². The predicted octanol–water partition coefficient (Wildman–Crippen LogP) is 1.82. The summed E-state index contributed by atoms with van der Waals surface area (Å²) in [4.78, 5) is 32.0. The molecule has 30 heavy (non-hydrogen) atoms. The first-order valence-corrected chi connectivity index (χ1v) is 9.08. The van der Waals surface area contributed by atoms with Gasteiger partial charge in [0.2, 0.25) is 17.6 Å². The van der Waals surface area contributed by atoms with E-state index in [0.29, 0.717) is 30.4 Å². The third-order valence-corrected chi connectivity index (χ3v) is 4.34. The van der Waals surface area contributed by atoms with E-state index in [2.05, 4.69) is 39.2 Å². The second-order valence-electron chi connectivity index (χ2n) is 6.83. The van der Waals surface area contributed by atoms with Crippen LogP contribution in [0.15, 0.2) is 22.9 Å². The number of piperazine rings is 1. The largest absolute Gasteiger partial charge is 0.490 e. The van der Waals surface area contributed by atoms with Gasteiger partial charge in [0.05, 0.1) is 12.5 Å². The number of carbonyl (C=O) groups is 2. The number of aryl methyl sites for hydroxylation is 1. The molecule has 0 saturated carbocycles. The molecule has 0 aliphatic carbocycles. The Morgan fingerprint density at radius 1 is 1.43 bits per heavy atom. The molecule has 0 radical (unpaired) electrons. The van der Waals surface area contributed by atoms with Gasteiger partial charge < -0.3 is 14.9 Å². The van der Waals surface area contributed by atoms with Crippen LogP contribution in [0, 0.1) is 6.92 Å². The lowest BCUT2D eigenvalue weighted by Crippen LogP contribution is -2.58. The van der Waals surface area contributed by atoms with Gasteiger partial charge in [-0.1, -0.05) is 11.2 Å².